The van der Waals surface area contributed by atoms with Crippen molar-refractivity contribution in [1.29, 1.82) is 0 Å². The Hall–Kier alpha value is -1.15. The van der Waals surface area contributed by atoms with Crippen molar-refractivity contribution < 1.29 is 0 Å². The first-order valence-corrected chi connectivity index (χ1v) is 13.7. The quantitative estimate of drug-likeness (QED) is 0.508. The van der Waals surface area contributed by atoms with Gasteiger partial charge in [0.05, 0.1) is 0 Å². The number of hydrogen-bond acceptors (Lipinski definition) is 2. The third-order valence-corrected chi connectivity index (χ3v) is 11.9. The Bertz CT molecular complexity index is 889. The minimum absolute atomic E-state index is 0.555. The molecule has 1 aromatic rings. The molecule has 174 valence electrons. The van der Waals surface area contributed by atoms with E-state index in [4.69, 9.17) is 0 Å². The summed E-state index contributed by atoms with van der Waals surface area (Å²) in [6.45, 7) is 5.44. The summed E-state index contributed by atoms with van der Waals surface area (Å²) in [5.41, 5.74) is 4.05. The Labute approximate surface area is 196 Å². The van der Waals surface area contributed by atoms with Crippen LogP contribution in [0.1, 0.15) is 82.8 Å². The molecule has 6 rings (SSSR count). The summed E-state index contributed by atoms with van der Waals surface area (Å²) >= 11 is 0. The van der Waals surface area contributed by atoms with Crippen LogP contribution in [0.15, 0.2) is 24.5 Å². The Morgan fingerprint density at radius 2 is 1.69 bits per heavy atom. The molecule has 5 aliphatic rings. The Morgan fingerprint density at radius 3 is 2.53 bits per heavy atom. The molecule has 2 heteroatoms. The van der Waals surface area contributed by atoms with E-state index in [9.17, 15) is 0 Å². The highest BCUT2D eigenvalue weighted by Crippen LogP contribution is 2.68. The molecule has 4 fully saturated rings. The molecule has 0 saturated heterocycles. The van der Waals surface area contributed by atoms with E-state index in [1.54, 1.807) is 0 Å². The Balaban J connectivity index is 1.22. The molecule has 0 N–H and O–H groups in total. The van der Waals surface area contributed by atoms with Gasteiger partial charge in [0.15, 0.2) is 0 Å². The van der Waals surface area contributed by atoms with E-state index in [1.165, 1.54) is 75.3 Å². The number of nitrogens with zero attached hydrogens (tertiary/aromatic N) is 2. The highest BCUT2D eigenvalue weighted by molar-refractivity contribution is 5.56. The summed E-state index contributed by atoms with van der Waals surface area (Å²) in [7, 11) is 4.61. The van der Waals surface area contributed by atoms with Gasteiger partial charge in [-0.15, -0.1) is 0 Å². The van der Waals surface area contributed by atoms with Gasteiger partial charge < -0.3 is 4.90 Å². The minimum Gasteiger partial charge on any atom is -0.306 e. The van der Waals surface area contributed by atoms with Crippen LogP contribution in [0.4, 0.5) is 0 Å². The van der Waals surface area contributed by atoms with Crippen LogP contribution in [0.25, 0.3) is 6.08 Å². The molecule has 0 radical (unpaired) electrons. The third-order valence-electron chi connectivity index (χ3n) is 11.9. The maximum atomic E-state index is 4.44. The van der Waals surface area contributed by atoms with Gasteiger partial charge in [0, 0.05) is 18.4 Å². The van der Waals surface area contributed by atoms with Crippen molar-refractivity contribution in [3.8, 4) is 0 Å². The normalized spacial score (nSPS) is 47.5. The monoisotopic (exact) mass is 432 g/mol. The number of aromatic nitrogens is 1. The zero-order valence-electron chi connectivity index (χ0n) is 20.9. The summed E-state index contributed by atoms with van der Waals surface area (Å²) in [5, 5.41) is 0. The smallest absolute Gasteiger partial charge is 0.0306 e. The lowest BCUT2D eigenvalue weighted by Crippen LogP contribution is -2.55. The first-order valence-electron chi connectivity index (χ1n) is 13.7. The van der Waals surface area contributed by atoms with E-state index in [-0.39, 0.29) is 0 Å². The second-order valence-electron chi connectivity index (χ2n) is 13.1. The second kappa shape index (κ2) is 7.69. The van der Waals surface area contributed by atoms with Gasteiger partial charge in [-0.3, -0.25) is 4.98 Å². The van der Waals surface area contributed by atoms with Crippen molar-refractivity contribution in [2.24, 2.45) is 46.3 Å². The fourth-order valence-corrected chi connectivity index (χ4v) is 10.0. The largest absolute Gasteiger partial charge is 0.306 e. The van der Waals surface area contributed by atoms with Crippen molar-refractivity contribution in [3.63, 3.8) is 0 Å². The highest BCUT2D eigenvalue weighted by atomic mass is 15.1. The fourth-order valence-electron chi connectivity index (χ4n) is 10.0. The minimum atomic E-state index is 0.555. The van der Waals surface area contributed by atoms with E-state index in [0.717, 1.165) is 41.5 Å². The topological polar surface area (TPSA) is 16.1 Å². The number of allylic oxidation sites excluding steroid dienone is 1. The molecule has 1 heterocycles. The van der Waals surface area contributed by atoms with Gasteiger partial charge in [0.2, 0.25) is 0 Å². The molecule has 2 nitrogen and oxygen atoms in total. The first kappa shape index (κ1) is 21.4. The molecule has 5 aliphatic carbocycles. The van der Waals surface area contributed by atoms with Crippen molar-refractivity contribution in [1.82, 2.24) is 9.88 Å². The molecule has 4 saturated carbocycles. The number of fused-ring (bicyclic) bond motifs is 6. The molecule has 1 aromatic heterocycles. The highest BCUT2D eigenvalue weighted by Gasteiger charge is 2.60. The van der Waals surface area contributed by atoms with Gasteiger partial charge in [-0.1, -0.05) is 26.0 Å². The van der Waals surface area contributed by atoms with Gasteiger partial charge in [0.1, 0.15) is 0 Å². The molecule has 0 aliphatic heterocycles. The average molecular weight is 433 g/mol. The standard InChI is InChI=1S/C30H44N2/c1-29-14-11-24(32(3)4)18-23(29)7-8-25-27-10-9-26(30(27,2)15-12-28(25)29)21-6-5-20-13-16-31-19-22(20)17-21/h5-6,13,16,19,21,23-28H,7-12,14-15,17-18H2,1-4H3/t21?,23-,24-,25-,26+,27-,28-,29-,30+/m0/s1. The van der Waals surface area contributed by atoms with Gasteiger partial charge in [-0.25, -0.2) is 0 Å². The lowest BCUT2D eigenvalue weighted by atomic mass is 9.44. The Kier molecular flexibility index (Phi) is 5.14. The van der Waals surface area contributed by atoms with Crippen LogP contribution in [0.5, 0.6) is 0 Å². The van der Waals surface area contributed by atoms with Gasteiger partial charge in [0.25, 0.3) is 0 Å². The molecule has 32 heavy (non-hydrogen) atoms. The van der Waals surface area contributed by atoms with Crippen molar-refractivity contribution in [3.05, 3.63) is 35.7 Å². The molecular weight excluding hydrogens is 388 g/mol. The van der Waals surface area contributed by atoms with Crippen molar-refractivity contribution in [2.75, 3.05) is 14.1 Å². The van der Waals surface area contributed by atoms with Gasteiger partial charge in [-0.2, -0.15) is 0 Å². The van der Waals surface area contributed by atoms with Crippen molar-refractivity contribution >= 4 is 6.08 Å². The SMILES string of the molecule is CN(C)[C@H]1CC[C@@]2(C)[C@@H](CC[C@@H]3[C@@H]2CC[C@]2(C)[C@@H](C4C=Cc5ccncc5C4)CC[C@@H]32)C1. The van der Waals surface area contributed by atoms with Crippen LogP contribution in [-0.2, 0) is 6.42 Å². The molecular formula is C30H44N2. The number of rotatable bonds is 2. The molecule has 0 bridgehead atoms. The zero-order chi connectivity index (χ0) is 22.1. The number of pyridine rings is 1. The van der Waals surface area contributed by atoms with Crippen LogP contribution in [0.2, 0.25) is 0 Å². The van der Waals surface area contributed by atoms with E-state index in [0.29, 0.717) is 10.8 Å². The summed E-state index contributed by atoms with van der Waals surface area (Å²) < 4.78 is 0. The summed E-state index contributed by atoms with van der Waals surface area (Å²) in [5.74, 6) is 5.52. The predicted molar refractivity (Wildman–Crippen MR) is 133 cm³/mol. The fraction of sp³-hybridized carbons (Fsp3) is 0.767. The van der Waals surface area contributed by atoms with Crippen LogP contribution in [-0.4, -0.2) is 30.0 Å². The lowest BCUT2D eigenvalue weighted by Gasteiger charge is -2.61. The van der Waals surface area contributed by atoms with Crippen LogP contribution >= 0.6 is 0 Å². The molecule has 0 amide bonds. The molecule has 9 atom stereocenters. The number of hydrogen-bond donors (Lipinski definition) is 0. The molecule has 0 spiro atoms. The molecule has 1 unspecified atom stereocenters. The summed E-state index contributed by atoms with van der Waals surface area (Å²) in [6.07, 6.45) is 23.6. The van der Waals surface area contributed by atoms with Gasteiger partial charge >= 0.3 is 0 Å². The van der Waals surface area contributed by atoms with Crippen LogP contribution in [0, 0.1) is 46.3 Å². The second-order valence-corrected chi connectivity index (χ2v) is 13.1. The van der Waals surface area contributed by atoms with Gasteiger partial charge in [-0.05, 0) is 142 Å². The maximum Gasteiger partial charge on any atom is 0.0306 e. The van der Waals surface area contributed by atoms with E-state index < -0.39 is 0 Å². The zero-order valence-corrected chi connectivity index (χ0v) is 20.9. The summed E-state index contributed by atoms with van der Waals surface area (Å²) in [4.78, 5) is 6.95. The first-order chi connectivity index (χ1) is 15.4. The van der Waals surface area contributed by atoms with Crippen LogP contribution in [0.3, 0.4) is 0 Å². The Morgan fingerprint density at radius 1 is 0.906 bits per heavy atom. The molecule has 0 aromatic carbocycles. The van der Waals surface area contributed by atoms with E-state index in [2.05, 4.69) is 62.2 Å². The lowest BCUT2D eigenvalue weighted by molar-refractivity contribution is -0.121. The predicted octanol–water partition coefficient (Wildman–Crippen LogP) is 6.86. The van der Waals surface area contributed by atoms with Crippen LogP contribution < -0.4 is 0 Å². The third kappa shape index (κ3) is 3.11. The average Bonchev–Trinajstić information content (AvgIpc) is 3.15. The maximum absolute atomic E-state index is 4.44. The van der Waals surface area contributed by atoms with Crippen molar-refractivity contribution in [2.45, 2.75) is 84.1 Å². The summed E-state index contributed by atoms with van der Waals surface area (Å²) in [6, 6.07) is 3.01. The van der Waals surface area contributed by atoms with E-state index in [1.807, 2.05) is 6.20 Å². The van der Waals surface area contributed by atoms with E-state index >= 15 is 0 Å².